The summed E-state index contributed by atoms with van der Waals surface area (Å²) >= 11 is 0. The summed E-state index contributed by atoms with van der Waals surface area (Å²) in [6.45, 7) is 7.44. The molecule has 0 N–H and O–H groups in total. The molecule has 0 unspecified atom stereocenters. The Morgan fingerprint density at radius 1 is 1.42 bits per heavy atom. The fourth-order valence-corrected chi connectivity index (χ4v) is 1.39. The standard InChI is InChI=1S/C9H14N2Si/c1-12(2,3)9-5-8-11-7-4-6-10-11/h4,6-7H,8H2,1-3H3. The Balaban J connectivity index is 2.49. The van der Waals surface area contributed by atoms with Gasteiger partial charge >= 0.3 is 0 Å². The molecular weight excluding hydrogens is 164 g/mol. The summed E-state index contributed by atoms with van der Waals surface area (Å²) in [7, 11) is -1.19. The largest absolute Gasteiger partial charge is 0.261 e. The lowest BCUT2D eigenvalue weighted by atomic mass is 10.7. The molecule has 1 aromatic heterocycles. The topological polar surface area (TPSA) is 17.8 Å². The summed E-state index contributed by atoms with van der Waals surface area (Å²) in [5.74, 6) is 3.14. The Labute approximate surface area is 74.6 Å². The molecule has 3 heteroatoms. The van der Waals surface area contributed by atoms with Crippen LogP contribution in [0.2, 0.25) is 19.6 Å². The van der Waals surface area contributed by atoms with Gasteiger partial charge in [-0.2, -0.15) is 5.10 Å². The highest BCUT2D eigenvalue weighted by Gasteiger charge is 2.06. The first-order valence-corrected chi connectivity index (χ1v) is 7.55. The Hall–Kier alpha value is -1.01. The predicted molar refractivity (Wildman–Crippen MR) is 53.3 cm³/mol. The minimum Gasteiger partial charge on any atom is -0.261 e. The fourth-order valence-electron chi connectivity index (χ4n) is 0.780. The molecule has 0 aromatic carbocycles. The van der Waals surface area contributed by atoms with Crippen LogP contribution in [0.5, 0.6) is 0 Å². The molecule has 0 aliphatic carbocycles. The van der Waals surface area contributed by atoms with E-state index in [4.69, 9.17) is 0 Å². The molecule has 2 nitrogen and oxygen atoms in total. The first-order chi connectivity index (χ1) is 5.58. The number of hydrogen-bond donors (Lipinski definition) is 0. The molecule has 12 heavy (non-hydrogen) atoms. The molecule has 0 spiro atoms. The quantitative estimate of drug-likeness (QED) is 0.473. The lowest BCUT2D eigenvalue weighted by molar-refractivity contribution is 0.715. The second kappa shape index (κ2) is 3.59. The van der Waals surface area contributed by atoms with E-state index in [2.05, 4.69) is 36.2 Å². The van der Waals surface area contributed by atoms with E-state index < -0.39 is 8.07 Å². The van der Waals surface area contributed by atoms with Crippen molar-refractivity contribution in [2.24, 2.45) is 0 Å². The number of aromatic nitrogens is 2. The molecule has 1 rings (SSSR count). The maximum Gasteiger partial charge on any atom is 0.129 e. The van der Waals surface area contributed by atoms with E-state index in [1.165, 1.54) is 0 Å². The minimum atomic E-state index is -1.19. The zero-order chi connectivity index (χ0) is 9.03. The Bertz CT molecular complexity index is 285. The smallest absolute Gasteiger partial charge is 0.129 e. The lowest BCUT2D eigenvalue weighted by Gasteiger charge is -2.03. The van der Waals surface area contributed by atoms with Crippen LogP contribution in [0.4, 0.5) is 0 Å². The van der Waals surface area contributed by atoms with Gasteiger partial charge in [0.25, 0.3) is 0 Å². The summed E-state index contributed by atoms with van der Waals surface area (Å²) in [6, 6.07) is 1.91. The van der Waals surface area contributed by atoms with E-state index in [1.54, 1.807) is 6.20 Å². The predicted octanol–water partition coefficient (Wildman–Crippen LogP) is 1.76. The zero-order valence-electron chi connectivity index (χ0n) is 7.83. The van der Waals surface area contributed by atoms with Crippen LogP contribution in [0.3, 0.4) is 0 Å². The monoisotopic (exact) mass is 178 g/mol. The second-order valence-electron chi connectivity index (χ2n) is 3.76. The molecule has 0 amide bonds. The van der Waals surface area contributed by atoms with Gasteiger partial charge in [0.2, 0.25) is 0 Å². The average Bonchev–Trinajstić information content (AvgIpc) is 2.36. The van der Waals surface area contributed by atoms with E-state index in [1.807, 2.05) is 16.9 Å². The van der Waals surface area contributed by atoms with Crippen LogP contribution in [0.15, 0.2) is 18.5 Å². The van der Waals surface area contributed by atoms with E-state index in [-0.39, 0.29) is 0 Å². The van der Waals surface area contributed by atoms with Crippen molar-refractivity contribution in [3.63, 3.8) is 0 Å². The van der Waals surface area contributed by atoms with E-state index >= 15 is 0 Å². The highest BCUT2D eigenvalue weighted by molar-refractivity contribution is 6.83. The van der Waals surface area contributed by atoms with Crippen LogP contribution in [-0.2, 0) is 6.54 Å². The fraction of sp³-hybridized carbons (Fsp3) is 0.444. The lowest BCUT2D eigenvalue weighted by Crippen LogP contribution is -2.16. The van der Waals surface area contributed by atoms with Gasteiger partial charge in [-0.3, -0.25) is 4.68 Å². The molecule has 0 saturated heterocycles. The number of nitrogens with zero attached hydrogens (tertiary/aromatic N) is 2. The average molecular weight is 178 g/mol. The first kappa shape index (κ1) is 9.08. The minimum absolute atomic E-state index is 0.720. The highest BCUT2D eigenvalue weighted by Crippen LogP contribution is 1.96. The summed E-state index contributed by atoms with van der Waals surface area (Å²) in [4.78, 5) is 0. The normalized spacial score (nSPS) is 10.6. The van der Waals surface area contributed by atoms with Crippen LogP contribution in [0.1, 0.15) is 0 Å². The van der Waals surface area contributed by atoms with Crippen molar-refractivity contribution in [1.82, 2.24) is 9.78 Å². The van der Waals surface area contributed by atoms with E-state index in [0.29, 0.717) is 0 Å². The maximum absolute atomic E-state index is 4.07. The van der Waals surface area contributed by atoms with E-state index in [0.717, 1.165) is 6.54 Å². The molecule has 0 aliphatic heterocycles. The third-order valence-electron chi connectivity index (χ3n) is 1.26. The van der Waals surface area contributed by atoms with Crippen molar-refractivity contribution in [1.29, 1.82) is 0 Å². The third kappa shape index (κ3) is 3.40. The summed E-state index contributed by atoms with van der Waals surface area (Å²) in [6.07, 6.45) is 3.70. The maximum atomic E-state index is 4.07. The molecule has 1 aromatic rings. The molecular formula is C9H14N2Si. The number of rotatable bonds is 1. The van der Waals surface area contributed by atoms with Gasteiger partial charge in [0.15, 0.2) is 0 Å². The van der Waals surface area contributed by atoms with Crippen molar-refractivity contribution in [2.45, 2.75) is 26.2 Å². The van der Waals surface area contributed by atoms with Crippen molar-refractivity contribution >= 4 is 8.07 Å². The van der Waals surface area contributed by atoms with Crippen LogP contribution in [-0.4, -0.2) is 17.9 Å². The van der Waals surface area contributed by atoms with Crippen molar-refractivity contribution in [3.8, 4) is 11.5 Å². The molecule has 0 radical (unpaired) electrons. The van der Waals surface area contributed by atoms with Crippen LogP contribution < -0.4 is 0 Å². The summed E-state index contributed by atoms with van der Waals surface area (Å²) in [5.41, 5.74) is 3.29. The zero-order valence-corrected chi connectivity index (χ0v) is 8.83. The van der Waals surface area contributed by atoms with Crippen LogP contribution in [0, 0.1) is 11.5 Å². The van der Waals surface area contributed by atoms with Gasteiger partial charge in [0.05, 0.1) is 0 Å². The second-order valence-corrected chi connectivity index (χ2v) is 8.51. The molecule has 0 atom stereocenters. The van der Waals surface area contributed by atoms with Crippen LogP contribution >= 0.6 is 0 Å². The molecule has 0 bridgehead atoms. The third-order valence-corrected chi connectivity index (χ3v) is 2.19. The van der Waals surface area contributed by atoms with Crippen molar-refractivity contribution in [3.05, 3.63) is 18.5 Å². The summed E-state index contributed by atoms with van der Waals surface area (Å²) < 4.78 is 1.84. The Morgan fingerprint density at radius 3 is 2.67 bits per heavy atom. The number of hydrogen-bond acceptors (Lipinski definition) is 1. The molecule has 0 saturated carbocycles. The van der Waals surface area contributed by atoms with Gasteiger partial charge in [0, 0.05) is 12.4 Å². The van der Waals surface area contributed by atoms with Gasteiger partial charge in [-0.25, -0.2) is 0 Å². The Morgan fingerprint density at radius 2 is 2.17 bits per heavy atom. The molecule has 1 heterocycles. The van der Waals surface area contributed by atoms with Crippen molar-refractivity contribution < 1.29 is 0 Å². The highest BCUT2D eigenvalue weighted by atomic mass is 28.3. The summed E-state index contributed by atoms with van der Waals surface area (Å²) in [5, 5.41) is 4.07. The Kier molecular flexibility index (Phi) is 2.72. The van der Waals surface area contributed by atoms with Crippen molar-refractivity contribution in [2.75, 3.05) is 0 Å². The first-order valence-electron chi connectivity index (χ1n) is 4.05. The van der Waals surface area contributed by atoms with Crippen LogP contribution in [0.25, 0.3) is 0 Å². The molecule has 0 fully saturated rings. The van der Waals surface area contributed by atoms with E-state index in [9.17, 15) is 0 Å². The molecule has 0 aliphatic rings. The SMILES string of the molecule is C[Si](C)(C)C#CCn1cccn1. The van der Waals surface area contributed by atoms with Gasteiger partial charge in [-0.1, -0.05) is 25.6 Å². The van der Waals surface area contributed by atoms with Gasteiger partial charge < -0.3 is 0 Å². The van der Waals surface area contributed by atoms with Gasteiger partial charge in [0.1, 0.15) is 14.6 Å². The molecule has 64 valence electrons. The van der Waals surface area contributed by atoms with Gasteiger partial charge in [-0.15, -0.1) is 5.54 Å². The van der Waals surface area contributed by atoms with Gasteiger partial charge in [-0.05, 0) is 6.07 Å².